The van der Waals surface area contributed by atoms with Crippen molar-refractivity contribution in [1.82, 2.24) is 0 Å². The summed E-state index contributed by atoms with van der Waals surface area (Å²) in [6.45, 7) is 13.9. The van der Waals surface area contributed by atoms with Gasteiger partial charge in [-0.2, -0.15) is 0 Å². The maximum atomic E-state index is 6.56. The molecule has 0 aliphatic rings. The van der Waals surface area contributed by atoms with Crippen LogP contribution in [-0.4, -0.2) is 0 Å². The number of benzene rings is 9. The van der Waals surface area contributed by atoms with Gasteiger partial charge in [0.15, 0.2) is 0 Å². The van der Waals surface area contributed by atoms with Crippen LogP contribution in [-0.2, 0) is 10.8 Å². The molecule has 2 aromatic heterocycles. The number of anilines is 3. The van der Waals surface area contributed by atoms with E-state index in [4.69, 9.17) is 4.42 Å². The summed E-state index contributed by atoms with van der Waals surface area (Å²) in [6, 6.07) is 69.3. The van der Waals surface area contributed by atoms with Crippen LogP contribution in [0.2, 0.25) is 0 Å². The molecule has 2 nitrogen and oxygen atoms in total. The van der Waals surface area contributed by atoms with Crippen molar-refractivity contribution in [2.45, 2.75) is 52.4 Å². The Morgan fingerprint density at radius 1 is 0.413 bits per heavy atom. The average molecular weight is 832 g/mol. The Morgan fingerprint density at radius 2 is 1.00 bits per heavy atom. The fourth-order valence-corrected chi connectivity index (χ4v) is 10.7. The monoisotopic (exact) mass is 831 g/mol. The molecule has 11 rings (SSSR count). The van der Waals surface area contributed by atoms with E-state index in [1.54, 1.807) is 0 Å². The summed E-state index contributed by atoms with van der Waals surface area (Å²) in [7, 11) is 0. The van der Waals surface area contributed by atoms with Crippen LogP contribution in [0, 0.1) is 0 Å². The number of thiophene rings is 1. The molecule has 11 aromatic rings. The molecule has 306 valence electrons. The first-order valence-corrected chi connectivity index (χ1v) is 22.8. The molecule has 0 saturated heterocycles. The van der Waals surface area contributed by atoms with Gasteiger partial charge in [-0.25, -0.2) is 0 Å². The van der Waals surface area contributed by atoms with E-state index in [1.807, 2.05) is 11.3 Å². The summed E-state index contributed by atoms with van der Waals surface area (Å²) in [5, 5.41) is 7.25. The highest BCUT2D eigenvalue weighted by atomic mass is 32.1. The molecule has 0 spiro atoms. The van der Waals surface area contributed by atoms with E-state index < -0.39 is 0 Å². The number of fused-ring (bicyclic) bond motifs is 7. The van der Waals surface area contributed by atoms with E-state index in [0.29, 0.717) is 0 Å². The Balaban J connectivity index is 1.18. The van der Waals surface area contributed by atoms with Gasteiger partial charge in [-0.3, -0.25) is 0 Å². The lowest BCUT2D eigenvalue weighted by Crippen LogP contribution is -2.16. The fourth-order valence-electron chi connectivity index (χ4n) is 9.49. The van der Waals surface area contributed by atoms with E-state index in [0.717, 1.165) is 44.6 Å². The highest BCUT2D eigenvalue weighted by Crippen LogP contribution is 2.49. The van der Waals surface area contributed by atoms with Crippen LogP contribution >= 0.6 is 11.3 Å². The van der Waals surface area contributed by atoms with Crippen molar-refractivity contribution in [2.24, 2.45) is 0 Å². The van der Waals surface area contributed by atoms with Gasteiger partial charge in [0.25, 0.3) is 0 Å². The Hall–Kier alpha value is -6.94. The van der Waals surface area contributed by atoms with Crippen LogP contribution in [0.25, 0.3) is 86.3 Å². The van der Waals surface area contributed by atoms with E-state index in [2.05, 4.69) is 234 Å². The first-order chi connectivity index (χ1) is 30.5. The van der Waals surface area contributed by atoms with Crippen molar-refractivity contribution in [1.29, 1.82) is 0 Å². The highest BCUT2D eigenvalue weighted by molar-refractivity contribution is 7.26. The second-order valence-electron chi connectivity index (χ2n) is 18.9. The molecular weight excluding hydrogens is 783 g/mol. The van der Waals surface area contributed by atoms with Gasteiger partial charge in [-0.05, 0) is 103 Å². The van der Waals surface area contributed by atoms with Crippen molar-refractivity contribution in [3.8, 4) is 33.4 Å². The maximum Gasteiger partial charge on any atom is 0.137 e. The highest BCUT2D eigenvalue weighted by Gasteiger charge is 2.25. The molecule has 0 fully saturated rings. The molecule has 9 aromatic carbocycles. The first kappa shape index (κ1) is 38.9. The standard InChI is InChI=1S/C60H49NOS/c1-59(2,3)41-34-40(35-42(37-41)60(4,5)6)44-25-14-18-38-19-15-27-48(56(38)44)46-22-7-10-29-51(46)61(52-30-17-32-54-57(52)50-24-8-11-31-53(50)62-54)43-21-13-20-39(36-43)45-26-16-28-49-47-23-9-12-33-55(47)63-58(45)49/h7-37H,1-6H3. The number of furan rings is 1. The van der Waals surface area contributed by atoms with Gasteiger partial charge in [0.2, 0.25) is 0 Å². The summed E-state index contributed by atoms with van der Waals surface area (Å²) < 4.78 is 9.17. The van der Waals surface area contributed by atoms with Crippen molar-refractivity contribution in [2.75, 3.05) is 4.90 Å². The Kier molecular flexibility index (Phi) is 9.19. The van der Waals surface area contributed by atoms with E-state index in [9.17, 15) is 0 Å². The lowest BCUT2D eigenvalue weighted by molar-refractivity contribution is 0.569. The average Bonchev–Trinajstić information content (AvgIpc) is 3.87. The molecule has 0 bridgehead atoms. The van der Waals surface area contributed by atoms with Crippen LogP contribution in [0.5, 0.6) is 0 Å². The second kappa shape index (κ2) is 14.9. The minimum Gasteiger partial charge on any atom is -0.456 e. The van der Waals surface area contributed by atoms with Crippen molar-refractivity contribution in [3.05, 3.63) is 199 Å². The van der Waals surface area contributed by atoms with Gasteiger partial charge in [0.1, 0.15) is 11.2 Å². The topological polar surface area (TPSA) is 16.4 Å². The second-order valence-corrected chi connectivity index (χ2v) is 20.0. The van der Waals surface area contributed by atoms with E-state index in [1.165, 1.54) is 69.9 Å². The molecule has 63 heavy (non-hydrogen) atoms. The van der Waals surface area contributed by atoms with Crippen LogP contribution in [0.3, 0.4) is 0 Å². The minimum absolute atomic E-state index is 0.00810. The molecule has 0 saturated carbocycles. The van der Waals surface area contributed by atoms with Crippen molar-refractivity contribution < 1.29 is 4.42 Å². The van der Waals surface area contributed by atoms with Gasteiger partial charge in [-0.1, -0.05) is 187 Å². The lowest BCUT2D eigenvalue weighted by atomic mass is 9.78. The van der Waals surface area contributed by atoms with Crippen LogP contribution < -0.4 is 4.90 Å². The molecule has 0 N–H and O–H groups in total. The third kappa shape index (κ3) is 6.70. The molecule has 0 aliphatic carbocycles. The molecule has 0 atom stereocenters. The molecular formula is C60H49NOS. The zero-order valence-corrected chi connectivity index (χ0v) is 37.5. The van der Waals surface area contributed by atoms with Gasteiger partial charge in [-0.15, -0.1) is 11.3 Å². The molecule has 2 heterocycles. The summed E-state index contributed by atoms with van der Waals surface area (Å²) in [5.41, 5.74) is 14.9. The Labute approximate surface area is 373 Å². The van der Waals surface area contributed by atoms with Crippen LogP contribution in [0.4, 0.5) is 17.1 Å². The van der Waals surface area contributed by atoms with E-state index in [-0.39, 0.29) is 10.8 Å². The Bertz CT molecular complexity index is 3520. The third-order valence-electron chi connectivity index (χ3n) is 12.8. The summed E-state index contributed by atoms with van der Waals surface area (Å²) in [4.78, 5) is 2.47. The molecule has 3 heteroatoms. The van der Waals surface area contributed by atoms with Gasteiger partial charge in [0, 0.05) is 36.8 Å². The minimum atomic E-state index is -0.00810. The number of nitrogens with zero attached hydrogens (tertiary/aromatic N) is 1. The number of hydrogen-bond donors (Lipinski definition) is 0. The largest absolute Gasteiger partial charge is 0.456 e. The van der Waals surface area contributed by atoms with Crippen molar-refractivity contribution in [3.63, 3.8) is 0 Å². The normalized spacial score (nSPS) is 12.3. The fraction of sp³-hybridized carbons (Fsp3) is 0.133. The quantitative estimate of drug-likeness (QED) is 0.166. The third-order valence-corrected chi connectivity index (χ3v) is 14.0. The number of para-hydroxylation sites is 2. The van der Waals surface area contributed by atoms with Crippen LogP contribution in [0.15, 0.2) is 192 Å². The predicted octanol–water partition coefficient (Wildman–Crippen LogP) is 18.2. The summed E-state index contributed by atoms with van der Waals surface area (Å²) in [5.74, 6) is 0. The smallest absolute Gasteiger partial charge is 0.137 e. The predicted molar refractivity (Wildman–Crippen MR) is 273 cm³/mol. The van der Waals surface area contributed by atoms with Crippen molar-refractivity contribution >= 4 is 81.3 Å². The molecule has 0 unspecified atom stereocenters. The molecule has 0 radical (unpaired) electrons. The lowest BCUT2D eigenvalue weighted by Gasteiger charge is -2.29. The van der Waals surface area contributed by atoms with Crippen LogP contribution in [0.1, 0.15) is 52.7 Å². The number of rotatable bonds is 6. The SMILES string of the molecule is CC(C)(C)c1cc(-c2cccc3cccc(-c4ccccc4N(c4cccc(-c5cccc6c5sc5ccccc56)c4)c4cccc5oc6ccccc6c45)c23)cc(C(C)(C)C)c1. The maximum absolute atomic E-state index is 6.56. The Morgan fingerprint density at radius 3 is 1.79 bits per heavy atom. The summed E-state index contributed by atoms with van der Waals surface area (Å²) >= 11 is 1.87. The zero-order valence-electron chi connectivity index (χ0n) is 36.7. The van der Waals surface area contributed by atoms with E-state index >= 15 is 0 Å². The number of hydrogen-bond acceptors (Lipinski definition) is 3. The van der Waals surface area contributed by atoms with Gasteiger partial charge < -0.3 is 9.32 Å². The van der Waals surface area contributed by atoms with Gasteiger partial charge in [0.05, 0.1) is 16.8 Å². The van der Waals surface area contributed by atoms with Gasteiger partial charge >= 0.3 is 0 Å². The zero-order chi connectivity index (χ0) is 43.0. The first-order valence-electron chi connectivity index (χ1n) is 22.0. The molecule has 0 amide bonds. The molecule has 0 aliphatic heterocycles. The summed E-state index contributed by atoms with van der Waals surface area (Å²) in [6.07, 6.45) is 0.